The van der Waals surface area contributed by atoms with Gasteiger partial charge < -0.3 is 40.3 Å². The summed E-state index contributed by atoms with van der Waals surface area (Å²) in [6, 6.07) is -0.807. The fourth-order valence-corrected chi connectivity index (χ4v) is 11.3. The first kappa shape index (κ1) is 80.4. The molecule has 7 unspecified atom stereocenters. The summed E-state index contributed by atoms with van der Waals surface area (Å²) in [6.07, 6.45) is 85.6. The van der Waals surface area contributed by atoms with Gasteiger partial charge in [-0.15, -0.1) is 0 Å². The summed E-state index contributed by atoms with van der Waals surface area (Å²) < 4.78 is 11.3. The van der Waals surface area contributed by atoms with Crippen molar-refractivity contribution in [3.63, 3.8) is 0 Å². The second-order valence-electron chi connectivity index (χ2n) is 25.0. The Labute approximate surface area is 524 Å². The Morgan fingerprint density at radius 1 is 0.412 bits per heavy atom. The van der Waals surface area contributed by atoms with Gasteiger partial charge >= 0.3 is 0 Å². The van der Waals surface area contributed by atoms with E-state index < -0.39 is 49.5 Å². The number of carbonyl (C=O) groups is 1. The molecule has 1 fully saturated rings. The first-order chi connectivity index (χ1) is 41.8. The van der Waals surface area contributed by atoms with Crippen LogP contribution in [-0.2, 0) is 14.3 Å². The van der Waals surface area contributed by atoms with Gasteiger partial charge in [-0.3, -0.25) is 4.79 Å². The number of hydrogen-bond acceptors (Lipinski definition) is 8. The molecule has 85 heavy (non-hydrogen) atoms. The standard InChI is InChI=1S/C76H137NO8/c1-3-5-7-9-11-13-15-17-19-21-23-25-26-27-28-29-30-31-32-33-34-35-36-37-38-39-40-41-42-43-44-46-48-50-52-54-56-58-60-62-64-66-72(80)77-69(68-84-76-75(83)74(82)73(81)71(67-78)85-76)70(79)65-63-61-59-57-55-53-51-49-47-45-24-22-20-18-16-14-12-10-8-6-4-2/h5,7,11,13,17,19,23,25,27-28,30-31,63,65,69-71,73-76,78-79,81-83H,3-4,6,8-10,12,14-16,18,20-22,24,26,29,32-62,64,66-68H2,1-2H3,(H,77,80)/b7-5-,13-11-,19-17-,25-23-,28-27-,31-30-,65-63+. The molecule has 9 heteroatoms. The van der Waals surface area contributed by atoms with Gasteiger partial charge in [0.2, 0.25) is 5.91 Å². The molecule has 0 radical (unpaired) electrons. The highest BCUT2D eigenvalue weighted by Crippen LogP contribution is 2.23. The molecule has 7 atom stereocenters. The Morgan fingerprint density at radius 3 is 1.08 bits per heavy atom. The maximum atomic E-state index is 13.1. The fourth-order valence-electron chi connectivity index (χ4n) is 11.3. The lowest BCUT2D eigenvalue weighted by Gasteiger charge is -2.40. The van der Waals surface area contributed by atoms with Gasteiger partial charge in [-0.25, -0.2) is 0 Å². The number of carbonyl (C=O) groups excluding carboxylic acids is 1. The summed E-state index contributed by atoms with van der Waals surface area (Å²) in [5.74, 6) is -0.172. The van der Waals surface area contributed by atoms with Crippen LogP contribution in [0.1, 0.15) is 335 Å². The average Bonchev–Trinajstić information content (AvgIpc) is 3.68. The topological polar surface area (TPSA) is 149 Å². The zero-order valence-corrected chi connectivity index (χ0v) is 55.4. The molecule has 1 aliphatic heterocycles. The van der Waals surface area contributed by atoms with Crippen LogP contribution < -0.4 is 5.32 Å². The quantitative estimate of drug-likeness (QED) is 0.0261. The van der Waals surface area contributed by atoms with Crippen molar-refractivity contribution in [2.75, 3.05) is 13.2 Å². The van der Waals surface area contributed by atoms with Crippen molar-refractivity contribution in [3.05, 3.63) is 85.1 Å². The molecule has 0 aromatic rings. The summed E-state index contributed by atoms with van der Waals surface area (Å²) >= 11 is 0. The van der Waals surface area contributed by atoms with E-state index in [4.69, 9.17) is 9.47 Å². The van der Waals surface area contributed by atoms with E-state index in [-0.39, 0.29) is 12.5 Å². The number of allylic oxidation sites excluding steroid dienone is 13. The van der Waals surface area contributed by atoms with E-state index in [0.717, 1.165) is 77.0 Å². The molecule has 1 aliphatic rings. The van der Waals surface area contributed by atoms with Crippen molar-refractivity contribution >= 4 is 5.91 Å². The zero-order chi connectivity index (χ0) is 61.4. The number of rotatable bonds is 63. The molecule has 0 bridgehead atoms. The lowest BCUT2D eigenvalue weighted by Crippen LogP contribution is -2.60. The summed E-state index contributed by atoms with van der Waals surface area (Å²) in [4.78, 5) is 13.1. The van der Waals surface area contributed by atoms with Crippen LogP contribution >= 0.6 is 0 Å². The molecule has 0 spiro atoms. The van der Waals surface area contributed by atoms with E-state index in [1.165, 1.54) is 238 Å². The molecule has 0 saturated carbocycles. The number of aliphatic hydroxyl groups excluding tert-OH is 5. The van der Waals surface area contributed by atoms with E-state index in [9.17, 15) is 30.3 Å². The van der Waals surface area contributed by atoms with Crippen LogP contribution in [0.4, 0.5) is 0 Å². The monoisotopic (exact) mass is 1190 g/mol. The maximum Gasteiger partial charge on any atom is 0.220 e. The highest BCUT2D eigenvalue weighted by molar-refractivity contribution is 5.76. The summed E-state index contributed by atoms with van der Waals surface area (Å²) in [5, 5.41) is 54.8. The first-order valence-corrected chi connectivity index (χ1v) is 36.3. The Balaban J connectivity index is 2.06. The molecule has 0 aromatic carbocycles. The smallest absolute Gasteiger partial charge is 0.220 e. The third kappa shape index (κ3) is 53.0. The number of amides is 1. The van der Waals surface area contributed by atoms with Crippen molar-refractivity contribution in [2.24, 2.45) is 0 Å². The van der Waals surface area contributed by atoms with Crippen molar-refractivity contribution in [2.45, 2.75) is 378 Å². The number of nitrogens with one attached hydrogen (secondary N) is 1. The van der Waals surface area contributed by atoms with Gasteiger partial charge in [0.25, 0.3) is 0 Å². The maximum absolute atomic E-state index is 13.1. The molecule has 1 saturated heterocycles. The van der Waals surface area contributed by atoms with Crippen LogP contribution in [0.3, 0.4) is 0 Å². The van der Waals surface area contributed by atoms with Gasteiger partial charge in [-0.1, -0.05) is 343 Å². The summed E-state index contributed by atoms with van der Waals surface area (Å²) in [7, 11) is 0. The molecule has 1 rings (SSSR count). The minimum atomic E-state index is -1.57. The predicted octanol–water partition coefficient (Wildman–Crippen LogP) is 20.1. The van der Waals surface area contributed by atoms with Gasteiger partial charge in [-0.2, -0.15) is 0 Å². The average molecular weight is 1190 g/mol. The van der Waals surface area contributed by atoms with E-state index >= 15 is 0 Å². The fraction of sp³-hybridized carbons (Fsp3) is 0.803. The Morgan fingerprint density at radius 2 is 0.729 bits per heavy atom. The third-order valence-corrected chi connectivity index (χ3v) is 17.0. The molecule has 0 aromatic heterocycles. The Kier molecular flexibility index (Phi) is 60.9. The number of unbranched alkanes of at least 4 members (excludes halogenated alkanes) is 41. The van der Waals surface area contributed by atoms with Gasteiger partial charge in [0, 0.05) is 6.42 Å². The SMILES string of the molecule is CC/C=C\C/C=C\C/C=C\C/C=C\C/C=C\C/C=C\CCCCCCCCCCCCCCCCCCCCCCCCC(=O)NC(COC1OC(CO)C(O)C(O)C1O)C(O)/C=C/CCCCCCCCCCCCCCCCCCCCC. The van der Waals surface area contributed by atoms with Crippen LogP contribution in [-0.4, -0.2) is 87.5 Å². The number of ether oxygens (including phenoxy) is 2. The largest absolute Gasteiger partial charge is 0.394 e. The molecular weight excluding hydrogens is 1050 g/mol. The summed E-state index contributed by atoms with van der Waals surface area (Å²) in [5.41, 5.74) is 0. The van der Waals surface area contributed by atoms with Gasteiger partial charge in [-0.05, 0) is 70.6 Å². The van der Waals surface area contributed by atoms with Crippen molar-refractivity contribution in [3.8, 4) is 0 Å². The normalized spacial score (nSPS) is 18.6. The van der Waals surface area contributed by atoms with Crippen LogP contribution in [0.5, 0.6) is 0 Å². The lowest BCUT2D eigenvalue weighted by molar-refractivity contribution is -0.302. The predicted molar refractivity (Wildman–Crippen MR) is 364 cm³/mol. The van der Waals surface area contributed by atoms with E-state index in [1.54, 1.807) is 6.08 Å². The van der Waals surface area contributed by atoms with E-state index in [2.05, 4.69) is 92.1 Å². The molecule has 1 heterocycles. The van der Waals surface area contributed by atoms with Gasteiger partial charge in [0.1, 0.15) is 24.4 Å². The minimum Gasteiger partial charge on any atom is -0.394 e. The van der Waals surface area contributed by atoms with Crippen molar-refractivity contribution < 1.29 is 39.8 Å². The number of hydrogen-bond donors (Lipinski definition) is 6. The highest BCUT2D eigenvalue weighted by Gasteiger charge is 2.44. The Hall–Kier alpha value is -2.63. The van der Waals surface area contributed by atoms with Crippen LogP contribution in [0.25, 0.3) is 0 Å². The molecule has 1 amide bonds. The van der Waals surface area contributed by atoms with E-state index in [1.807, 2.05) is 6.08 Å². The van der Waals surface area contributed by atoms with Gasteiger partial charge in [0.15, 0.2) is 6.29 Å². The second kappa shape index (κ2) is 64.4. The third-order valence-electron chi connectivity index (χ3n) is 17.0. The highest BCUT2D eigenvalue weighted by atomic mass is 16.7. The van der Waals surface area contributed by atoms with Gasteiger partial charge in [0.05, 0.1) is 25.4 Å². The Bertz CT molecular complexity index is 1620. The van der Waals surface area contributed by atoms with Crippen LogP contribution in [0, 0.1) is 0 Å². The second-order valence-corrected chi connectivity index (χ2v) is 25.0. The van der Waals surface area contributed by atoms with E-state index in [0.29, 0.717) is 6.42 Å². The van der Waals surface area contributed by atoms with Crippen molar-refractivity contribution in [1.82, 2.24) is 5.32 Å². The minimum absolute atomic E-state index is 0.172. The first-order valence-electron chi connectivity index (χ1n) is 36.3. The van der Waals surface area contributed by atoms with Crippen LogP contribution in [0.2, 0.25) is 0 Å². The lowest BCUT2D eigenvalue weighted by atomic mass is 9.99. The molecule has 0 aliphatic carbocycles. The summed E-state index contributed by atoms with van der Waals surface area (Å²) in [6.45, 7) is 3.70. The van der Waals surface area contributed by atoms with Crippen molar-refractivity contribution in [1.29, 1.82) is 0 Å². The number of aliphatic hydroxyl groups is 5. The zero-order valence-electron chi connectivity index (χ0n) is 55.4. The molecule has 494 valence electrons. The molecule has 6 N–H and O–H groups in total. The molecular formula is C76H137NO8. The molecule has 9 nitrogen and oxygen atoms in total. The van der Waals surface area contributed by atoms with Crippen LogP contribution in [0.15, 0.2) is 85.1 Å².